The molecule has 1 atom stereocenters. The molecule has 2 N–H and O–H groups in total. The molecule has 1 unspecified atom stereocenters. The molecule has 1 aliphatic heterocycles. The molecule has 20 heavy (non-hydrogen) atoms. The molecular weight excluding hydrogens is 266 g/mol. The van der Waals surface area contributed by atoms with Crippen molar-refractivity contribution >= 4 is 11.9 Å². The third kappa shape index (κ3) is 4.00. The largest absolute Gasteiger partial charge is 0.480 e. The van der Waals surface area contributed by atoms with Crippen LogP contribution in [0.1, 0.15) is 10.5 Å². The minimum atomic E-state index is -1.04. The fourth-order valence-electron chi connectivity index (χ4n) is 1.91. The predicted octanol–water partition coefficient (Wildman–Crippen LogP) is -1.58. The van der Waals surface area contributed by atoms with E-state index >= 15 is 0 Å². The van der Waals surface area contributed by atoms with Gasteiger partial charge in [0.1, 0.15) is 6.54 Å². The summed E-state index contributed by atoms with van der Waals surface area (Å²) in [7, 11) is 1.99. The maximum atomic E-state index is 11.8. The Morgan fingerprint density at radius 3 is 3.10 bits per heavy atom. The van der Waals surface area contributed by atoms with E-state index in [1.54, 1.807) is 0 Å². The van der Waals surface area contributed by atoms with Crippen LogP contribution in [0.2, 0.25) is 0 Å². The van der Waals surface area contributed by atoms with Crippen LogP contribution in [0.15, 0.2) is 6.20 Å². The summed E-state index contributed by atoms with van der Waals surface area (Å²) in [6.07, 6.45) is 1.25. The molecule has 2 rings (SSSR count). The van der Waals surface area contributed by atoms with Crippen molar-refractivity contribution < 1.29 is 19.4 Å². The van der Waals surface area contributed by atoms with Gasteiger partial charge in [-0.15, -0.1) is 5.10 Å². The quantitative estimate of drug-likeness (QED) is 0.671. The number of likely N-dealkylation sites (N-methyl/N-ethyl adjacent to an activating group) is 1. The molecule has 9 nitrogen and oxygen atoms in total. The average Bonchev–Trinajstić information content (AvgIpc) is 2.84. The van der Waals surface area contributed by atoms with Gasteiger partial charge in [-0.25, -0.2) is 4.68 Å². The molecule has 9 heteroatoms. The van der Waals surface area contributed by atoms with Crippen LogP contribution in [0, 0.1) is 0 Å². The van der Waals surface area contributed by atoms with Gasteiger partial charge < -0.3 is 20.1 Å². The van der Waals surface area contributed by atoms with Crippen LogP contribution in [0.25, 0.3) is 0 Å². The zero-order valence-corrected chi connectivity index (χ0v) is 11.2. The van der Waals surface area contributed by atoms with Gasteiger partial charge in [0.05, 0.1) is 18.9 Å². The lowest BCUT2D eigenvalue weighted by Crippen LogP contribution is -2.46. The highest BCUT2D eigenvalue weighted by atomic mass is 16.5. The van der Waals surface area contributed by atoms with Crippen LogP contribution < -0.4 is 5.32 Å². The molecule has 1 aliphatic rings. The molecular formula is C11H17N5O4. The summed E-state index contributed by atoms with van der Waals surface area (Å²) in [4.78, 5) is 24.5. The first-order chi connectivity index (χ1) is 9.54. The van der Waals surface area contributed by atoms with Crippen molar-refractivity contribution in [2.24, 2.45) is 0 Å². The van der Waals surface area contributed by atoms with Crippen molar-refractivity contribution in [1.82, 2.24) is 25.2 Å². The number of morpholine rings is 1. The second-order valence-corrected chi connectivity index (χ2v) is 4.66. The number of ether oxygens (including phenoxy) is 1. The van der Waals surface area contributed by atoms with Crippen LogP contribution in [0.4, 0.5) is 0 Å². The molecule has 1 aromatic heterocycles. The normalized spacial score (nSPS) is 19.8. The van der Waals surface area contributed by atoms with Gasteiger partial charge in [-0.05, 0) is 7.05 Å². The van der Waals surface area contributed by atoms with Crippen LogP contribution in [-0.4, -0.2) is 76.3 Å². The fraction of sp³-hybridized carbons (Fsp3) is 0.636. The van der Waals surface area contributed by atoms with Gasteiger partial charge in [-0.2, -0.15) is 0 Å². The highest BCUT2D eigenvalue weighted by Gasteiger charge is 2.19. The summed E-state index contributed by atoms with van der Waals surface area (Å²) in [5.41, 5.74) is 0.0930. The Morgan fingerprint density at radius 2 is 2.40 bits per heavy atom. The van der Waals surface area contributed by atoms with E-state index in [0.29, 0.717) is 13.2 Å². The number of hydrogen-bond acceptors (Lipinski definition) is 6. The molecule has 0 spiro atoms. The monoisotopic (exact) mass is 283 g/mol. The van der Waals surface area contributed by atoms with E-state index < -0.39 is 11.9 Å². The number of carboxylic acids is 1. The molecule has 110 valence electrons. The minimum absolute atomic E-state index is 0.0493. The Morgan fingerprint density at radius 1 is 1.60 bits per heavy atom. The second kappa shape index (κ2) is 6.44. The maximum Gasteiger partial charge on any atom is 0.325 e. The smallest absolute Gasteiger partial charge is 0.325 e. The maximum absolute atomic E-state index is 11.8. The van der Waals surface area contributed by atoms with E-state index in [1.807, 2.05) is 7.05 Å². The summed E-state index contributed by atoms with van der Waals surface area (Å²) in [5.74, 6) is -1.43. The van der Waals surface area contributed by atoms with Gasteiger partial charge >= 0.3 is 5.97 Å². The van der Waals surface area contributed by atoms with Crippen molar-refractivity contribution in [3.63, 3.8) is 0 Å². The molecule has 0 bridgehead atoms. The van der Waals surface area contributed by atoms with Gasteiger partial charge in [0.25, 0.3) is 5.91 Å². The molecule has 1 fully saturated rings. The van der Waals surface area contributed by atoms with Crippen LogP contribution in [0.5, 0.6) is 0 Å². The third-order valence-corrected chi connectivity index (χ3v) is 2.90. The highest BCUT2D eigenvalue weighted by Crippen LogP contribution is 2.02. The van der Waals surface area contributed by atoms with Gasteiger partial charge in [0.2, 0.25) is 0 Å². The standard InChI is InChI=1S/C11H17N5O4/c1-15-2-3-20-8(5-15)4-12-11(19)9-6-16(14-13-9)7-10(17)18/h6,8H,2-5,7H2,1H3,(H,12,19)(H,17,18). The predicted molar refractivity (Wildman–Crippen MR) is 67.2 cm³/mol. The van der Waals surface area contributed by atoms with Crippen molar-refractivity contribution in [3.05, 3.63) is 11.9 Å². The summed E-state index contributed by atoms with van der Waals surface area (Å²) < 4.78 is 6.62. The molecule has 0 saturated carbocycles. The Kier molecular flexibility index (Phi) is 4.64. The van der Waals surface area contributed by atoms with Crippen LogP contribution in [-0.2, 0) is 16.1 Å². The van der Waals surface area contributed by atoms with Gasteiger partial charge in [-0.1, -0.05) is 5.21 Å². The number of aromatic nitrogens is 3. The number of carboxylic acid groups (broad SMARTS) is 1. The summed E-state index contributed by atoms with van der Waals surface area (Å²) in [6.45, 7) is 2.34. The number of amides is 1. The molecule has 0 radical (unpaired) electrons. The zero-order chi connectivity index (χ0) is 14.5. The number of rotatable bonds is 5. The molecule has 0 aliphatic carbocycles. The van der Waals surface area contributed by atoms with E-state index in [0.717, 1.165) is 17.8 Å². The molecule has 2 heterocycles. The first-order valence-corrected chi connectivity index (χ1v) is 6.25. The number of hydrogen-bond donors (Lipinski definition) is 2. The third-order valence-electron chi connectivity index (χ3n) is 2.90. The molecule has 0 aromatic carbocycles. The van der Waals surface area contributed by atoms with Crippen molar-refractivity contribution in [2.45, 2.75) is 12.6 Å². The van der Waals surface area contributed by atoms with E-state index in [2.05, 4.69) is 20.5 Å². The lowest BCUT2D eigenvalue weighted by molar-refractivity contribution is -0.137. The Labute approximate surface area is 115 Å². The summed E-state index contributed by atoms with van der Waals surface area (Å²) in [5, 5.41) is 18.5. The van der Waals surface area contributed by atoms with E-state index in [-0.39, 0.29) is 18.3 Å². The molecule has 1 aromatic rings. The minimum Gasteiger partial charge on any atom is -0.480 e. The van der Waals surface area contributed by atoms with Gasteiger partial charge in [0, 0.05) is 19.6 Å². The average molecular weight is 283 g/mol. The van der Waals surface area contributed by atoms with Crippen LogP contribution >= 0.6 is 0 Å². The number of nitrogens with one attached hydrogen (secondary N) is 1. The Bertz CT molecular complexity index is 489. The first kappa shape index (κ1) is 14.4. The number of carbonyl (C=O) groups excluding carboxylic acids is 1. The molecule has 1 saturated heterocycles. The van der Waals surface area contributed by atoms with Crippen molar-refractivity contribution in [1.29, 1.82) is 0 Å². The summed E-state index contributed by atoms with van der Waals surface area (Å²) >= 11 is 0. The number of aliphatic carboxylic acids is 1. The highest BCUT2D eigenvalue weighted by molar-refractivity contribution is 5.91. The first-order valence-electron chi connectivity index (χ1n) is 6.25. The lowest BCUT2D eigenvalue weighted by atomic mass is 10.3. The summed E-state index contributed by atoms with van der Waals surface area (Å²) in [6, 6.07) is 0. The van der Waals surface area contributed by atoms with E-state index in [1.165, 1.54) is 6.20 Å². The lowest BCUT2D eigenvalue weighted by Gasteiger charge is -2.29. The van der Waals surface area contributed by atoms with Gasteiger partial charge in [0.15, 0.2) is 5.69 Å². The van der Waals surface area contributed by atoms with Crippen molar-refractivity contribution in [3.8, 4) is 0 Å². The number of carbonyl (C=O) groups is 2. The molecule has 1 amide bonds. The number of nitrogens with zero attached hydrogens (tertiary/aromatic N) is 4. The van der Waals surface area contributed by atoms with E-state index in [4.69, 9.17) is 9.84 Å². The Balaban J connectivity index is 1.82. The second-order valence-electron chi connectivity index (χ2n) is 4.66. The van der Waals surface area contributed by atoms with E-state index in [9.17, 15) is 9.59 Å². The fourth-order valence-corrected chi connectivity index (χ4v) is 1.91. The Hall–Kier alpha value is -2.00. The SMILES string of the molecule is CN1CCOC(CNC(=O)c2cn(CC(=O)O)nn2)C1. The van der Waals surface area contributed by atoms with Crippen LogP contribution in [0.3, 0.4) is 0 Å². The zero-order valence-electron chi connectivity index (χ0n) is 11.2. The van der Waals surface area contributed by atoms with Crippen molar-refractivity contribution in [2.75, 3.05) is 33.3 Å². The topological polar surface area (TPSA) is 110 Å². The van der Waals surface area contributed by atoms with Gasteiger partial charge in [-0.3, -0.25) is 9.59 Å².